The molecule has 1 saturated heterocycles. The Balaban J connectivity index is 1.50. The number of hydrogen-bond acceptors (Lipinski definition) is 6. The molecule has 3 aromatic rings. The highest BCUT2D eigenvalue weighted by Crippen LogP contribution is 2.38. The van der Waals surface area contributed by atoms with Crippen molar-refractivity contribution in [3.8, 4) is 0 Å². The van der Waals surface area contributed by atoms with Gasteiger partial charge in [0.2, 0.25) is 0 Å². The topological polar surface area (TPSA) is 103 Å². The number of anilines is 1. The van der Waals surface area contributed by atoms with Crippen LogP contribution >= 0.6 is 0 Å². The number of urea groups is 1. The fourth-order valence-electron chi connectivity index (χ4n) is 4.75. The Hall–Kier alpha value is -3.27. The van der Waals surface area contributed by atoms with Gasteiger partial charge in [-0.15, -0.1) is 0 Å². The molecule has 2 amide bonds. The Morgan fingerprint density at radius 1 is 1.00 bits per heavy atom. The molecule has 1 heterocycles. The summed E-state index contributed by atoms with van der Waals surface area (Å²) in [7, 11) is 2.00. The lowest BCUT2D eigenvalue weighted by Crippen LogP contribution is -2.43. The number of aliphatic hydroxyl groups excluding tert-OH is 2. The van der Waals surface area contributed by atoms with Crippen molar-refractivity contribution in [1.29, 1.82) is 0 Å². The van der Waals surface area contributed by atoms with Crippen LogP contribution in [0, 0.1) is 0 Å². The first-order valence-electron chi connectivity index (χ1n) is 13.5. The van der Waals surface area contributed by atoms with Gasteiger partial charge in [-0.1, -0.05) is 66.7 Å². The Bertz CT molecular complexity index is 1170. The lowest BCUT2D eigenvalue weighted by atomic mass is 9.98. The molecule has 0 unspecified atom stereocenters. The number of likely N-dealkylation sites (N-methyl/N-ethyl adjacent to an activating group) is 1. The van der Waals surface area contributed by atoms with Gasteiger partial charge in [0.1, 0.15) is 0 Å². The molecule has 0 bridgehead atoms. The largest absolute Gasteiger partial charge is 0.392 e. The SMILES string of the molecule is CCNC(=O)Nc1ccc([C@@H]2O[C@H](CN(C)[C@@H](C)[C@H](O)c3ccccc3)C[C@H](c3ccc(CO)cc3)O2)cc1. The number of rotatable bonds is 10. The number of carbonyl (C=O) groups is 1. The van der Waals surface area contributed by atoms with Gasteiger partial charge in [0.25, 0.3) is 0 Å². The molecule has 0 saturated carbocycles. The Morgan fingerprint density at radius 2 is 1.67 bits per heavy atom. The van der Waals surface area contributed by atoms with Gasteiger partial charge in [-0.25, -0.2) is 4.79 Å². The standard InChI is InChI=1S/C31H39N3O5/c1-4-32-31(37)33-26-16-14-25(15-17-26)30-38-27(18-28(39-30)23-12-10-22(20-35)11-13-23)19-34(3)21(2)29(36)24-8-6-5-7-9-24/h5-17,21,27-30,35-36H,4,18-20H2,1-3H3,(H2,32,33,37)/t21-,27-,28+,29-,30+/m0/s1. The highest BCUT2D eigenvalue weighted by atomic mass is 16.7. The molecule has 4 N–H and O–H groups in total. The van der Waals surface area contributed by atoms with Crippen LogP contribution in [-0.4, -0.2) is 53.4 Å². The predicted molar refractivity (Wildman–Crippen MR) is 151 cm³/mol. The summed E-state index contributed by atoms with van der Waals surface area (Å²) in [5.41, 5.74) is 4.26. The first-order chi connectivity index (χ1) is 18.9. The maximum atomic E-state index is 11.9. The monoisotopic (exact) mass is 533 g/mol. The molecule has 1 aliphatic heterocycles. The van der Waals surface area contributed by atoms with Crippen molar-refractivity contribution in [2.24, 2.45) is 0 Å². The summed E-state index contributed by atoms with van der Waals surface area (Å²) in [5, 5.41) is 25.9. The van der Waals surface area contributed by atoms with Crippen LogP contribution in [0.1, 0.15) is 61.0 Å². The Morgan fingerprint density at radius 3 is 2.31 bits per heavy atom. The van der Waals surface area contributed by atoms with Crippen molar-refractivity contribution in [3.63, 3.8) is 0 Å². The summed E-state index contributed by atoms with van der Waals surface area (Å²) >= 11 is 0. The second-order valence-electron chi connectivity index (χ2n) is 9.99. The number of nitrogens with one attached hydrogen (secondary N) is 2. The quantitative estimate of drug-likeness (QED) is 0.295. The first-order valence-corrected chi connectivity index (χ1v) is 13.5. The fraction of sp³-hybridized carbons (Fsp3) is 0.387. The highest BCUT2D eigenvalue weighted by Gasteiger charge is 2.34. The molecule has 1 aliphatic rings. The average Bonchev–Trinajstić information content (AvgIpc) is 2.97. The Kier molecular flexibility index (Phi) is 10.1. The molecular formula is C31H39N3O5. The van der Waals surface area contributed by atoms with Crippen molar-refractivity contribution in [3.05, 3.63) is 101 Å². The van der Waals surface area contributed by atoms with Crippen LogP contribution < -0.4 is 10.6 Å². The summed E-state index contributed by atoms with van der Waals surface area (Å²) in [5.74, 6) is 0. The van der Waals surface area contributed by atoms with E-state index in [1.165, 1.54) is 0 Å². The van der Waals surface area contributed by atoms with Crippen molar-refractivity contribution in [2.75, 3.05) is 25.5 Å². The van der Waals surface area contributed by atoms with Crippen molar-refractivity contribution < 1.29 is 24.5 Å². The lowest BCUT2D eigenvalue weighted by molar-refractivity contribution is -0.253. The third-order valence-corrected chi connectivity index (χ3v) is 7.18. The third-order valence-electron chi connectivity index (χ3n) is 7.18. The first kappa shape index (κ1) is 28.7. The van der Waals surface area contributed by atoms with E-state index in [1.54, 1.807) is 0 Å². The third kappa shape index (κ3) is 7.65. The average molecular weight is 534 g/mol. The number of amides is 2. The van der Waals surface area contributed by atoms with Gasteiger partial charge in [-0.05, 0) is 49.7 Å². The smallest absolute Gasteiger partial charge is 0.319 e. The zero-order valence-electron chi connectivity index (χ0n) is 22.8. The molecule has 208 valence electrons. The molecule has 0 radical (unpaired) electrons. The van der Waals surface area contributed by atoms with E-state index >= 15 is 0 Å². The normalized spacial score (nSPS) is 20.8. The maximum Gasteiger partial charge on any atom is 0.319 e. The zero-order chi connectivity index (χ0) is 27.8. The van der Waals surface area contributed by atoms with Gasteiger partial charge in [0, 0.05) is 36.8 Å². The van der Waals surface area contributed by atoms with Crippen molar-refractivity contribution >= 4 is 11.7 Å². The fourth-order valence-corrected chi connectivity index (χ4v) is 4.75. The van der Waals surface area contributed by atoms with Gasteiger partial charge in [0.15, 0.2) is 6.29 Å². The highest BCUT2D eigenvalue weighted by molar-refractivity contribution is 5.89. The van der Waals surface area contributed by atoms with Crippen LogP contribution in [0.15, 0.2) is 78.9 Å². The summed E-state index contributed by atoms with van der Waals surface area (Å²) in [6.07, 6.45) is -0.956. The molecule has 8 nitrogen and oxygen atoms in total. The van der Waals surface area contributed by atoms with Crippen LogP contribution in [0.2, 0.25) is 0 Å². The number of ether oxygens (including phenoxy) is 2. The van der Waals surface area contributed by atoms with E-state index in [9.17, 15) is 15.0 Å². The second-order valence-corrected chi connectivity index (χ2v) is 9.99. The molecule has 0 aliphatic carbocycles. The van der Waals surface area contributed by atoms with Crippen LogP contribution in [0.3, 0.4) is 0 Å². The van der Waals surface area contributed by atoms with Crippen LogP contribution in [0.5, 0.6) is 0 Å². The van der Waals surface area contributed by atoms with Gasteiger partial charge in [-0.3, -0.25) is 4.90 Å². The lowest BCUT2D eigenvalue weighted by Gasteiger charge is -2.39. The minimum absolute atomic E-state index is 0.0107. The summed E-state index contributed by atoms with van der Waals surface area (Å²) in [6.45, 7) is 5.02. The molecule has 3 aromatic carbocycles. The van der Waals surface area contributed by atoms with Crippen LogP contribution in [0.25, 0.3) is 0 Å². The van der Waals surface area contributed by atoms with E-state index in [1.807, 2.05) is 99.8 Å². The van der Waals surface area contributed by atoms with Crippen molar-refractivity contribution in [1.82, 2.24) is 10.2 Å². The number of hydrogen-bond donors (Lipinski definition) is 4. The molecule has 39 heavy (non-hydrogen) atoms. The number of benzene rings is 3. The van der Waals surface area contributed by atoms with Gasteiger partial charge in [0.05, 0.1) is 24.9 Å². The van der Waals surface area contributed by atoms with E-state index in [4.69, 9.17) is 9.47 Å². The minimum atomic E-state index is -0.626. The van der Waals surface area contributed by atoms with Crippen LogP contribution in [0.4, 0.5) is 10.5 Å². The van der Waals surface area contributed by atoms with Gasteiger partial charge < -0.3 is 30.3 Å². The number of carbonyl (C=O) groups excluding carboxylic acids is 1. The predicted octanol–water partition coefficient (Wildman–Crippen LogP) is 4.92. The Labute approximate surface area is 230 Å². The van der Waals surface area contributed by atoms with E-state index < -0.39 is 12.4 Å². The summed E-state index contributed by atoms with van der Waals surface area (Å²) < 4.78 is 12.9. The molecule has 1 fully saturated rings. The van der Waals surface area contributed by atoms with E-state index in [0.717, 1.165) is 22.3 Å². The number of aliphatic hydroxyl groups is 2. The van der Waals surface area contributed by atoms with Gasteiger partial charge in [-0.2, -0.15) is 0 Å². The molecule has 0 spiro atoms. The number of nitrogens with zero attached hydrogens (tertiary/aromatic N) is 1. The molecule has 8 heteroatoms. The zero-order valence-corrected chi connectivity index (χ0v) is 22.8. The van der Waals surface area contributed by atoms with E-state index in [2.05, 4.69) is 15.5 Å². The van der Waals surface area contributed by atoms with Crippen LogP contribution in [-0.2, 0) is 16.1 Å². The van der Waals surface area contributed by atoms with Gasteiger partial charge >= 0.3 is 6.03 Å². The minimum Gasteiger partial charge on any atom is -0.392 e. The van der Waals surface area contributed by atoms with E-state index in [-0.39, 0.29) is 30.9 Å². The second kappa shape index (κ2) is 13.7. The molecular weight excluding hydrogens is 494 g/mol. The molecule has 4 rings (SSSR count). The molecule has 5 atom stereocenters. The van der Waals surface area contributed by atoms with Crippen molar-refractivity contribution in [2.45, 2.75) is 57.5 Å². The van der Waals surface area contributed by atoms with E-state index in [0.29, 0.717) is 25.2 Å². The molecule has 0 aromatic heterocycles. The summed E-state index contributed by atoms with van der Waals surface area (Å²) in [6, 6.07) is 24.5. The maximum absolute atomic E-state index is 11.9. The summed E-state index contributed by atoms with van der Waals surface area (Å²) in [4.78, 5) is 14.0.